The summed E-state index contributed by atoms with van der Waals surface area (Å²) >= 11 is 0. The lowest BCUT2D eigenvalue weighted by atomic mass is 9.95. The SMILES string of the molecule is COc1cc2nccc(Oc3ccc4c(c3)CCCN4C(=O)NC3CCCCC3)c2cc1OC. The standard InChI is InChI=1S/C27H31N3O4/c1-32-25-16-21-22(17-26(25)33-2)28-13-12-24(21)34-20-10-11-23-18(15-20)7-6-14-30(23)27(31)29-19-8-4-3-5-9-19/h10-13,15-17,19H,3-9,14H2,1-2H3,(H,29,31). The zero-order valence-corrected chi connectivity index (χ0v) is 19.8. The quantitative estimate of drug-likeness (QED) is 0.517. The molecule has 0 atom stereocenters. The van der Waals surface area contributed by atoms with E-state index in [1.807, 2.05) is 41.3 Å². The normalized spacial score (nSPS) is 16.1. The van der Waals surface area contributed by atoms with Crippen LogP contribution in [0.5, 0.6) is 23.0 Å². The van der Waals surface area contributed by atoms with E-state index in [4.69, 9.17) is 14.2 Å². The summed E-state index contributed by atoms with van der Waals surface area (Å²) in [4.78, 5) is 19.4. The molecule has 2 heterocycles. The number of methoxy groups -OCH3 is 2. The van der Waals surface area contributed by atoms with Crippen molar-refractivity contribution in [3.05, 3.63) is 48.2 Å². The van der Waals surface area contributed by atoms with E-state index in [9.17, 15) is 4.79 Å². The van der Waals surface area contributed by atoms with Gasteiger partial charge in [0.05, 0.1) is 19.7 Å². The molecule has 1 N–H and O–H groups in total. The smallest absolute Gasteiger partial charge is 0.322 e. The Morgan fingerprint density at radius 3 is 2.56 bits per heavy atom. The van der Waals surface area contributed by atoms with E-state index in [-0.39, 0.29) is 6.03 Å². The first-order valence-corrected chi connectivity index (χ1v) is 12.1. The van der Waals surface area contributed by atoms with Crippen molar-refractivity contribution < 1.29 is 19.0 Å². The molecule has 1 aliphatic heterocycles. The number of pyridine rings is 1. The number of nitrogens with zero attached hydrogens (tertiary/aromatic N) is 2. The average molecular weight is 462 g/mol. The van der Waals surface area contributed by atoms with E-state index >= 15 is 0 Å². The first kappa shape index (κ1) is 22.3. The molecule has 0 spiro atoms. The highest BCUT2D eigenvalue weighted by Crippen LogP contribution is 2.38. The number of benzene rings is 2. The van der Waals surface area contributed by atoms with E-state index in [1.165, 1.54) is 19.3 Å². The van der Waals surface area contributed by atoms with Gasteiger partial charge in [-0.15, -0.1) is 0 Å². The Kier molecular flexibility index (Phi) is 6.43. The van der Waals surface area contributed by atoms with Crippen molar-refractivity contribution in [3.63, 3.8) is 0 Å². The molecule has 1 fully saturated rings. The van der Waals surface area contributed by atoms with Gasteiger partial charge in [-0.05, 0) is 61.6 Å². The van der Waals surface area contributed by atoms with Crippen molar-refractivity contribution in [3.8, 4) is 23.0 Å². The third kappa shape index (κ3) is 4.47. The zero-order chi connectivity index (χ0) is 23.5. The van der Waals surface area contributed by atoms with Crippen LogP contribution in [-0.4, -0.2) is 37.8 Å². The first-order chi connectivity index (χ1) is 16.7. The predicted molar refractivity (Wildman–Crippen MR) is 132 cm³/mol. The van der Waals surface area contributed by atoms with Crippen molar-refractivity contribution in [2.24, 2.45) is 0 Å². The number of urea groups is 1. The summed E-state index contributed by atoms with van der Waals surface area (Å²) < 4.78 is 17.2. The molecule has 7 nitrogen and oxygen atoms in total. The lowest BCUT2D eigenvalue weighted by Crippen LogP contribution is -2.47. The molecular weight excluding hydrogens is 430 g/mol. The van der Waals surface area contributed by atoms with Crippen LogP contribution >= 0.6 is 0 Å². The van der Waals surface area contributed by atoms with E-state index in [1.54, 1.807) is 20.4 Å². The van der Waals surface area contributed by atoms with Crippen LogP contribution in [0.3, 0.4) is 0 Å². The minimum Gasteiger partial charge on any atom is -0.493 e. The Labute approximate surface area is 200 Å². The number of carbonyl (C=O) groups excluding carboxylic acids is 1. The van der Waals surface area contributed by atoms with Gasteiger partial charge in [0.15, 0.2) is 11.5 Å². The van der Waals surface area contributed by atoms with Gasteiger partial charge in [-0.2, -0.15) is 0 Å². The number of aryl methyl sites for hydroxylation is 1. The maximum atomic E-state index is 13.0. The van der Waals surface area contributed by atoms with Gasteiger partial charge < -0.3 is 19.5 Å². The summed E-state index contributed by atoms with van der Waals surface area (Å²) in [5.74, 6) is 2.67. The summed E-state index contributed by atoms with van der Waals surface area (Å²) in [7, 11) is 3.22. The van der Waals surface area contributed by atoms with Crippen LogP contribution in [0, 0.1) is 0 Å². The van der Waals surface area contributed by atoms with E-state index in [0.29, 0.717) is 23.3 Å². The number of rotatable bonds is 5. The topological polar surface area (TPSA) is 72.9 Å². The van der Waals surface area contributed by atoms with Crippen LogP contribution in [0.25, 0.3) is 10.9 Å². The molecule has 5 rings (SSSR count). The van der Waals surface area contributed by atoms with Crippen molar-refractivity contribution in [2.45, 2.75) is 51.0 Å². The second kappa shape index (κ2) is 9.79. The summed E-state index contributed by atoms with van der Waals surface area (Å²) in [6.07, 6.45) is 9.40. The number of carbonyl (C=O) groups is 1. The van der Waals surface area contributed by atoms with Gasteiger partial charge in [-0.3, -0.25) is 9.88 Å². The number of aromatic nitrogens is 1. The molecule has 1 aromatic heterocycles. The van der Waals surface area contributed by atoms with Gasteiger partial charge in [-0.1, -0.05) is 19.3 Å². The highest BCUT2D eigenvalue weighted by molar-refractivity contribution is 5.93. The molecule has 3 aromatic rings. The summed E-state index contributed by atoms with van der Waals surface area (Å²) in [6.45, 7) is 0.738. The molecule has 2 aliphatic rings. The van der Waals surface area contributed by atoms with Crippen LogP contribution in [0.15, 0.2) is 42.6 Å². The fourth-order valence-electron chi connectivity index (χ4n) is 5.01. The number of fused-ring (bicyclic) bond motifs is 2. The lowest BCUT2D eigenvalue weighted by molar-refractivity contribution is 0.237. The van der Waals surface area contributed by atoms with Crippen molar-refractivity contribution in [2.75, 3.05) is 25.7 Å². The van der Waals surface area contributed by atoms with Gasteiger partial charge in [0.25, 0.3) is 0 Å². The molecule has 1 aliphatic carbocycles. The van der Waals surface area contributed by atoms with E-state index < -0.39 is 0 Å². The summed E-state index contributed by atoms with van der Waals surface area (Å²) in [5, 5.41) is 4.09. The Balaban J connectivity index is 1.38. The minimum atomic E-state index is 0.0164. The number of hydrogen-bond acceptors (Lipinski definition) is 5. The minimum absolute atomic E-state index is 0.0164. The summed E-state index contributed by atoms with van der Waals surface area (Å²) in [6, 6.07) is 11.9. The fourth-order valence-corrected chi connectivity index (χ4v) is 5.01. The molecule has 1 saturated carbocycles. The fraction of sp³-hybridized carbons (Fsp3) is 0.407. The van der Waals surface area contributed by atoms with Gasteiger partial charge in [-0.25, -0.2) is 4.79 Å². The highest BCUT2D eigenvalue weighted by atomic mass is 16.5. The monoisotopic (exact) mass is 461 g/mol. The van der Waals surface area contributed by atoms with Crippen molar-refractivity contribution in [1.82, 2.24) is 10.3 Å². The van der Waals surface area contributed by atoms with Crippen LogP contribution in [0.2, 0.25) is 0 Å². The molecule has 0 bridgehead atoms. The average Bonchev–Trinajstić information content (AvgIpc) is 2.88. The van der Waals surface area contributed by atoms with Gasteiger partial charge in [0, 0.05) is 35.9 Å². The molecular formula is C27H31N3O4. The molecule has 0 saturated heterocycles. The maximum Gasteiger partial charge on any atom is 0.322 e. The molecule has 2 aromatic carbocycles. The third-order valence-corrected chi connectivity index (χ3v) is 6.78. The second-order valence-electron chi connectivity index (χ2n) is 8.97. The van der Waals surface area contributed by atoms with Crippen LogP contribution in [0.4, 0.5) is 10.5 Å². The van der Waals surface area contributed by atoms with Crippen LogP contribution in [-0.2, 0) is 6.42 Å². The Morgan fingerprint density at radius 2 is 1.76 bits per heavy atom. The first-order valence-electron chi connectivity index (χ1n) is 12.1. The zero-order valence-electron chi connectivity index (χ0n) is 19.8. The lowest BCUT2D eigenvalue weighted by Gasteiger charge is -2.32. The van der Waals surface area contributed by atoms with Crippen LogP contribution in [0.1, 0.15) is 44.1 Å². The number of anilines is 1. The van der Waals surface area contributed by atoms with Gasteiger partial charge >= 0.3 is 6.03 Å². The maximum absolute atomic E-state index is 13.0. The predicted octanol–water partition coefficient (Wildman–Crippen LogP) is 5.84. The molecule has 2 amide bonds. The second-order valence-corrected chi connectivity index (χ2v) is 8.97. The highest BCUT2D eigenvalue weighted by Gasteiger charge is 2.25. The number of hydrogen-bond donors (Lipinski definition) is 1. The Bertz CT molecular complexity index is 1190. The third-order valence-electron chi connectivity index (χ3n) is 6.78. The molecule has 0 unspecified atom stereocenters. The summed E-state index contributed by atoms with van der Waals surface area (Å²) in [5.41, 5.74) is 2.86. The van der Waals surface area contributed by atoms with E-state index in [2.05, 4.69) is 10.3 Å². The largest absolute Gasteiger partial charge is 0.493 e. The number of ether oxygens (including phenoxy) is 3. The van der Waals surface area contributed by atoms with Gasteiger partial charge in [0.2, 0.25) is 0 Å². The van der Waals surface area contributed by atoms with Crippen molar-refractivity contribution in [1.29, 1.82) is 0 Å². The van der Waals surface area contributed by atoms with Crippen LogP contribution < -0.4 is 24.4 Å². The number of nitrogens with one attached hydrogen (secondary N) is 1. The van der Waals surface area contributed by atoms with Gasteiger partial charge in [0.1, 0.15) is 11.5 Å². The molecule has 178 valence electrons. The molecule has 34 heavy (non-hydrogen) atoms. The van der Waals surface area contributed by atoms with E-state index in [0.717, 1.165) is 60.1 Å². The van der Waals surface area contributed by atoms with Crippen molar-refractivity contribution >= 4 is 22.6 Å². The molecule has 7 heteroatoms. The Hall–Kier alpha value is -3.48. The Morgan fingerprint density at radius 1 is 0.971 bits per heavy atom. The number of amides is 2. The molecule has 0 radical (unpaired) electrons.